The van der Waals surface area contributed by atoms with Gasteiger partial charge < -0.3 is 10.1 Å². The van der Waals surface area contributed by atoms with Gasteiger partial charge in [-0.1, -0.05) is 13.0 Å². The second kappa shape index (κ2) is 6.16. The van der Waals surface area contributed by atoms with E-state index in [1.54, 1.807) is 0 Å². The maximum atomic E-state index is 5.72. The quantitative estimate of drug-likeness (QED) is 0.887. The van der Waals surface area contributed by atoms with Gasteiger partial charge in [0.15, 0.2) is 0 Å². The molecule has 2 heterocycles. The number of hydrogen-bond acceptors (Lipinski definition) is 4. The van der Waals surface area contributed by atoms with Crippen molar-refractivity contribution in [3.8, 4) is 0 Å². The summed E-state index contributed by atoms with van der Waals surface area (Å²) >= 11 is 0. The molecule has 1 N–H and O–H groups in total. The van der Waals surface area contributed by atoms with Crippen molar-refractivity contribution in [2.24, 2.45) is 0 Å². The zero-order chi connectivity index (χ0) is 13.0. The van der Waals surface area contributed by atoms with E-state index in [0.717, 1.165) is 37.6 Å². The summed E-state index contributed by atoms with van der Waals surface area (Å²) in [6.07, 6.45) is 1.44. The monoisotopic (exact) mass is 249 g/mol. The fourth-order valence-corrected chi connectivity index (χ4v) is 2.40. The van der Waals surface area contributed by atoms with Crippen LogP contribution in [0.25, 0.3) is 0 Å². The van der Waals surface area contributed by atoms with Crippen molar-refractivity contribution in [3.63, 3.8) is 0 Å². The molecule has 1 aliphatic rings. The number of nitrogens with one attached hydrogen (secondary N) is 1. The van der Waals surface area contributed by atoms with Gasteiger partial charge in [0, 0.05) is 26.2 Å². The smallest absolute Gasteiger partial charge is 0.126 e. The summed E-state index contributed by atoms with van der Waals surface area (Å²) in [6.45, 7) is 7.08. The number of rotatable bonds is 4. The summed E-state index contributed by atoms with van der Waals surface area (Å²) in [5.41, 5.74) is 1.12. The minimum Gasteiger partial charge on any atom is -0.376 e. The van der Waals surface area contributed by atoms with Crippen LogP contribution in [-0.4, -0.2) is 42.2 Å². The van der Waals surface area contributed by atoms with Crippen LogP contribution >= 0.6 is 0 Å². The molecule has 18 heavy (non-hydrogen) atoms. The molecule has 4 nitrogen and oxygen atoms in total. The van der Waals surface area contributed by atoms with E-state index in [2.05, 4.69) is 41.2 Å². The van der Waals surface area contributed by atoms with E-state index < -0.39 is 0 Å². The van der Waals surface area contributed by atoms with Gasteiger partial charge in [-0.3, -0.25) is 4.90 Å². The minimum absolute atomic E-state index is 0.320. The average molecular weight is 249 g/mol. The summed E-state index contributed by atoms with van der Waals surface area (Å²) in [7, 11) is 1.90. The Morgan fingerprint density at radius 1 is 1.50 bits per heavy atom. The van der Waals surface area contributed by atoms with Gasteiger partial charge in [-0.15, -0.1) is 0 Å². The van der Waals surface area contributed by atoms with Crippen molar-refractivity contribution in [3.05, 3.63) is 23.9 Å². The van der Waals surface area contributed by atoms with Gasteiger partial charge in [-0.05, 0) is 25.5 Å². The highest BCUT2D eigenvalue weighted by molar-refractivity contribution is 5.34. The van der Waals surface area contributed by atoms with Crippen LogP contribution in [0.2, 0.25) is 0 Å². The van der Waals surface area contributed by atoms with Gasteiger partial charge in [-0.25, -0.2) is 4.98 Å². The Morgan fingerprint density at radius 2 is 2.33 bits per heavy atom. The van der Waals surface area contributed by atoms with Crippen LogP contribution in [0.5, 0.6) is 0 Å². The standard InChI is InChI=1S/C14H23N3O/c1-4-13-10-18-11(2)8-17(13)9-12-6-5-7-14(15-3)16-12/h5-7,11,13H,4,8-10H2,1-3H3,(H,15,16). The van der Waals surface area contributed by atoms with E-state index in [1.807, 2.05) is 13.1 Å². The number of anilines is 1. The molecule has 0 radical (unpaired) electrons. The van der Waals surface area contributed by atoms with Crippen LogP contribution in [0.4, 0.5) is 5.82 Å². The van der Waals surface area contributed by atoms with Gasteiger partial charge in [0.05, 0.1) is 18.4 Å². The predicted octanol–water partition coefficient (Wildman–Crippen LogP) is 2.12. The first-order valence-electron chi connectivity index (χ1n) is 6.72. The fourth-order valence-electron chi connectivity index (χ4n) is 2.40. The highest BCUT2D eigenvalue weighted by atomic mass is 16.5. The molecule has 0 bridgehead atoms. The number of nitrogens with zero attached hydrogens (tertiary/aromatic N) is 2. The lowest BCUT2D eigenvalue weighted by Crippen LogP contribution is -2.48. The normalized spacial score (nSPS) is 25.1. The van der Waals surface area contributed by atoms with Crippen LogP contribution in [0.3, 0.4) is 0 Å². The first-order chi connectivity index (χ1) is 8.72. The maximum absolute atomic E-state index is 5.72. The second-order valence-electron chi connectivity index (χ2n) is 4.90. The van der Waals surface area contributed by atoms with Crippen LogP contribution < -0.4 is 5.32 Å². The van der Waals surface area contributed by atoms with E-state index in [-0.39, 0.29) is 0 Å². The summed E-state index contributed by atoms with van der Waals surface area (Å²) in [5, 5.41) is 3.08. The Kier molecular flexibility index (Phi) is 4.55. The van der Waals surface area contributed by atoms with Crippen LogP contribution in [-0.2, 0) is 11.3 Å². The van der Waals surface area contributed by atoms with Gasteiger partial charge >= 0.3 is 0 Å². The molecular weight excluding hydrogens is 226 g/mol. The third-order valence-corrected chi connectivity index (χ3v) is 3.48. The van der Waals surface area contributed by atoms with Crippen molar-refractivity contribution in [1.82, 2.24) is 9.88 Å². The topological polar surface area (TPSA) is 37.4 Å². The van der Waals surface area contributed by atoms with E-state index in [1.165, 1.54) is 0 Å². The Hall–Kier alpha value is -1.13. The molecule has 0 spiro atoms. The first kappa shape index (κ1) is 13.3. The molecule has 2 rings (SSSR count). The molecule has 0 amide bonds. The van der Waals surface area contributed by atoms with Crippen LogP contribution in [0, 0.1) is 0 Å². The number of ether oxygens (including phenoxy) is 1. The lowest BCUT2D eigenvalue weighted by molar-refractivity contribution is -0.0595. The molecule has 4 heteroatoms. The molecular formula is C14H23N3O. The van der Waals surface area contributed by atoms with Crippen molar-refractivity contribution in [2.45, 2.75) is 39.0 Å². The number of pyridine rings is 1. The number of aromatic nitrogens is 1. The molecule has 0 aliphatic carbocycles. The second-order valence-corrected chi connectivity index (χ2v) is 4.90. The third-order valence-electron chi connectivity index (χ3n) is 3.48. The average Bonchev–Trinajstić information content (AvgIpc) is 2.39. The van der Waals surface area contributed by atoms with E-state index in [0.29, 0.717) is 12.1 Å². The summed E-state index contributed by atoms with van der Waals surface area (Å²) in [4.78, 5) is 7.07. The van der Waals surface area contributed by atoms with Crippen molar-refractivity contribution in [1.29, 1.82) is 0 Å². The fraction of sp³-hybridized carbons (Fsp3) is 0.643. The van der Waals surface area contributed by atoms with Gasteiger partial charge in [0.25, 0.3) is 0 Å². The minimum atomic E-state index is 0.320. The molecule has 1 fully saturated rings. The molecule has 100 valence electrons. The lowest BCUT2D eigenvalue weighted by Gasteiger charge is -2.38. The van der Waals surface area contributed by atoms with Crippen molar-refractivity contribution < 1.29 is 4.74 Å². The van der Waals surface area contributed by atoms with E-state index in [9.17, 15) is 0 Å². The van der Waals surface area contributed by atoms with Gasteiger partial charge in [0.2, 0.25) is 0 Å². The lowest BCUT2D eigenvalue weighted by atomic mass is 10.1. The SMILES string of the molecule is CCC1COC(C)CN1Cc1cccc(NC)n1. The highest BCUT2D eigenvalue weighted by Crippen LogP contribution is 2.17. The molecule has 1 aromatic heterocycles. The molecule has 1 aliphatic heterocycles. The summed E-state index contributed by atoms with van der Waals surface area (Å²) < 4.78 is 5.72. The first-order valence-corrected chi connectivity index (χ1v) is 6.72. The van der Waals surface area contributed by atoms with Crippen LogP contribution in [0.1, 0.15) is 26.0 Å². The summed E-state index contributed by atoms with van der Waals surface area (Å²) in [5.74, 6) is 0.932. The molecule has 1 saturated heterocycles. The molecule has 1 aromatic rings. The molecule has 2 atom stereocenters. The highest BCUT2D eigenvalue weighted by Gasteiger charge is 2.25. The molecule has 2 unspecified atom stereocenters. The van der Waals surface area contributed by atoms with Gasteiger partial charge in [0.1, 0.15) is 5.82 Å². The zero-order valence-electron chi connectivity index (χ0n) is 11.5. The molecule has 0 saturated carbocycles. The van der Waals surface area contributed by atoms with Crippen molar-refractivity contribution >= 4 is 5.82 Å². The largest absolute Gasteiger partial charge is 0.376 e. The van der Waals surface area contributed by atoms with E-state index in [4.69, 9.17) is 4.74 Å². The van der Waals surface area contributed by atoms with E-state index >= 15 is 0 Å². The number of morpholine rings is 1. The van der Waals surface area contributed by atoms with Crippen LogP contribution in [0.15, 0.2) is 18.2 Å². The summed E-state index contributed by atoms with van der Waals surface area (Å²) in [6, 6.07) is 6.65. The third kappa shape index (κ3) is 3.21. The Morgan fingerprint density at radius 3 is 3.06 bits per heavy atom. The Bertz CT molecular complexity index is 383. The Labute approximate surface area is 109 Å². The van der Waals surface area contributed by atoms with Crippen molar-refractivity contribution in [2.75, 3.05) is 25.5 Å². The molecule has 0 aromatic carbocycles. The predicted molar refractivity (Wildman–Crippen MR) is 73.7 cm³/mol. The zero-order valence-corrected chi connectivity index (χ0v) is 11.5. The van der Waals surface area contributed by atoms with Gasteiger partial charge in [-0.2, -0.15) is 0 Å². The number of hydrogen-bond donors (Lipinski definition) is 1. The maximum Gasteiger partial charge on any atom is 0.126 e. The Balaban J connectivity index is 2.05.